The number of terminal acetylenes is 1. The van der Waals surface area contributed by atoms with E-state index in [0.717, 1.165) is 59.1 Å². The standard InChI is InChI=1S/C16H18N4O3S.C16H16N4O2S.C16H14N4O2S.C15H16N4O2S/c1-4-22-15-12(9-23-14-8-6-5-7-11(14)2)13(10-24-15)20-16(21)19(3)17-18-20;2*1-4-15-12(9-22-14-8-6-5-7-11(14)2)13(10-23-15)20-16(21)19(3)17-18-20;1-10-6-4-5-7-14(10)21-8-12-11(2)22-9-13(12)19-15(20)18(3)16-17-19/h5-8,10H,4,9H2,1-3H3;4-8,10H,1,9H2,2-3H3;1,5-8,10H,9H2,2-3H3;4-7,9H,8H2,1-3H3/i3*5T;4T. The summed E-state index contributed by atoms with van der Waals surface area (Å²) in [7, 11) is 6.19. The van der Waals surface area contributed by atoms with Crippen LogP contribution in [0.15, 0.2) is 144 Å². The minimum Gasteiger partial charge on any atom is -0.489 e. The average molecular weight is 1330 g/mol. The van der Waals surface area contributed by atoms with Crippen molar-refractivity contribution < 1.29 is 29.2 Å². The van der Waals surface area contributed by atoms with Crippen LogP contribution in [-0.4, -0.2) is 85.8 Å². The molecule has 0 N–H and O–H groups in total. The lowest BCUT2D eigenvalue weighted by Crippen LogP contribution is -2.22. The van der Waals surface area contributed by atoms with Crippen LogP contribution in [0.25, 0.3) is 28.8 Å². The van der Waals surface area contributed by atoms with Crippen LogP contribution in [0.5, 0.6) is 28.1 Å². The maximum atomic E-state index is 12.2. The van der Waals surface area contributed by atoms with Crippen LogP contribution in [0.3, 0.4) is 0 Å². The molecule has 0 saturated heterocycles. The summed E-state index contributed by atoms with van der Waals surface area (Å²) in [6.45, 7) is 16.8. The second kappa shape index (κ2) is 30.3. The van der Waals surface area contributed by atoms with Gasteiger partial charge in [-0.3, -0.25) is 0 Å². The number of aromatic nitrogens is 16. The quantitative estimate of drug-likeness (QED) is 0.0684. The molecule has 12 aromatic rings. The van der Waals surface area contributed by atoms with Crippen molar-refractivity contribution in [3.05, 3.63) is 226 Å². The van der Waals surface area contributed by atoms with Gasteiger partial charge in [-0.1, -0.05) is 91.3 Å². The molecule has 0 aliphatic heterocycles. The summed E-state index contributed by atoms with van der Waals surface area (Å²) >= 11 is 5.74. The molecule has 0 unspecified atom stereocenters. The monoisotopic (exact) mass is 1320 g/mol. The normalized spacial score (nSPS) is 11.3. The molecule has 4 aromatic carbocycles. The molecular weight excluding hydrogens is 1250 g/mol. The van der Waals surface area contributed by atoms with E-state index in [2.05, 4.69) is 54.2 Å². The Morgan fingerprint density at radius 3 is 1.17 bits per heavy atom. The number of nitrogens with zero attached hydrogens (tertiary/aromatic N) is 16. The fraction of sp³-hybridized carbons (Fsp3) is 0.238. The van der Waals surface area contributed by atoms with Gasteiger partial charge in [0.25, 0.3) is 0 Å². The SMILES string of the molecule is [3H]c1ccc(OCc2c(-n3nnn(C)c3=O)csc2C#C)c(C)c1.[3H]c1ccc(OCc2c(-n3nnn(C)c3=O)csc2C)c(C)c1.[3H]c1ccc(OCc2c(-n3nnn(C)c3=O)csc2C=C)c(C)c1.[3H]c1ccc(OCc2c(-n3nnn(C)c3=O)csc2OCC)c(C)c1. The van der Waals surface area contributed by atoms with E-state index in [1.165, 1.54) is 85.2 Å². The third-order valence-electron chi connectivity index (χ3n) is 13.6. The van der Waals surface area contributed by atoms with E-state index < -0.39 is 0 Å². The van der Waals surface area contributed by atoms with Crippen LogP contribution in [0.1, 0.15) is 71.5 Å². The number of hydrogen-bond donors (Lipinski definition) is 0. The number of ether oxygens (including phenoxy) is 5. The number of hydrogen-bond acceptors (Lipinski definition) is 21. The van der Waals surface area contributed by atoms with Gasteiger partial charge in [0.15, 0.2) is 5.06 Å². The molecule has 0 fully saturated rings. The molecule has 474 valence electrons. The topological polar surface area (TPSA) is 257 Å². The molecule has 0 radical (unpaired) electrons. The predicted molar refractivity (Wildman–Crippen MR) is 354 cm³/mol. The van der Waals surface area contributed by atoms with E-state index in [1.807, 2.05) is 52.3 Å². The first-order valence-electron chi connectivity index (χ1n) is 29.9. The molecule has 0 atom stereocenters. The highest BCUT2D eigenvalue weighted by Crippen LogP contribution is 2.35. The number of para-hydroxylation sites is 4. The lowest BCUT2D eigenvalue weighted by atomic mass is 10.2. The second-order valence-electron chi connectivity index (χ2n) is 19.8. The van der Waals surface area contributed by atoms with Crippen molar-refractivity contribution in [3.63, 3.8) is 0 Å². The fourth-order valence-electron chi connectivity index (χ4n) is 8.54. The molecule has 29 heteroatoms. The van der Waals surface area contributed by atoms with Crippen LogP contribution in [0, 0.1) is 47.0 Å². The molecule has 0 aliphatic carbocycles. The van der Waals surface area contributed by atoms with E-state index >= 15 is 0 Å². The number of benzene rings is 4. The Hall–Kier alpha value is -10.5. The summed E-state index contributed by atoms with van der Waals surface area (Å²) in [5.74, 6) is 5.38. The zero-order valence-electron chi connectivity index (χ0n) is 55.6. The minimum absolute atomic E-state index is 0.194. The Morgan fingerprint density at radius 2 is 0.804 bits per heavy atom. The summed E-state index contributed by atoms with van der Waals surface area (Å²) < 4.78 is 69.3. The first-order valence-corrected chi connectivity index (χ1v) is 31.4. The van der Waals surface area contributed by atoms with E-state index in [9.17, 15) is 19.2 Å². The van der Waals surface area contributed by atoms with Gasteiger partial charge < -0.3 is 23.7 Å². The summed E-state index contributed by atoms with van der Waals surface area (Å²) in [6, 6.07) is 22.5. The van der Waals surface area contributed by atoms with Gasteiger partial charge in [0.05, 0.1) is 45.3 Å². The van der Waals surface area contributed by atoms with E-state index in [0.29, 0.717) is 92.9 Å². The van der Waals surface area contributed by atoms with Crippen molar-refractivity contribution in [3.8, 4) is 63.2 Å². The summed E-state index contributed by atoms with van der Waals surface area (Å²) in [6.07, 6.45) is 7.29. The van der Waals surface area contributed by atoms with Gasteiger partial charge in [0.2, 0.25) is 0 Å². The number of aryl methyl sites for hydroxylation is 9. The Labute approximate surface area is 548 Å². The zero-order valence-corrected chi connectivity index (χ0v) is 54.9. The Bertz CT molecular complexity index is 5060. The van der Waals surface area contributed by atoms with Crippen molar-refractivity contribution in [2.75, 3.05) is 6.61 Å². The maximum Gasteiger partial charge on any atom is 0.368 e. The molecule has 0 spiro atoms. The van der Waals surface area contributed by atoms with Crippen LogP contribution >= 0.6 is 45.3 Å². The lowest BCUT2D eigenvalue weighted by molar-refractivity contribution is 0.288. The first-order chi connectivity index (χ1) is 46.0. The Morgan fingerprint density at radius 1 is 0.467 bits per heavy atom. The number of rotatable bonds is 19. The van der Waals surface area contributed by atoms with Gasteiger partial charge >= 0.3 is 22.8 Å². The summed E-state index contributed by atoms with van der Waals surface area (Å²) in [5, 5.41) is 38.5. The minimum atomic E-state index is -0.354. The Kier molecular flexibility index (Phi) is 19.9. The van der Waals surface area contributed by atoms with Crippen LogP contribution in [0.4, 0.5) is 0 Å². The second-order valence-corrected chi connectivity index (χ2v) is 23.5. The lowest BCUT2D eigenvalue weighted by Gasteiger charge is -2.11. The molecule has 0 bridgehead atoms. The molecule has 8 heterocycles. The summed E-state index contributed by atoms with van der Waals surface area (Å²) in [4.78, 5) is 51.0. The van der Waals surface area contributed by atoms with Crippen LogP contribution in [-0.2, 0) is 54.6 Å². The van der Waals surface area contributed by atoms with Crippen molar-refractivity contribution in [1.82, 2.24) is 79.2 Å². The van der Waals surface area contributed by atoms with Crippen molar-refractivity contribution in [2.45, 2.75) is 68.0 Å². The number of tetrazole rings is 4. The molecule has 0 saturated carbocycles. The highest BCUT2D eigenvalue weighted by atomic mass is 32.1. The molecule has 92 heavy (non-hydrogen) atoms. The molecule has 0 amide bonds. The highest BCUT2D eigenvalue weighted by Gasteiger charge is 2.22. The van der Waals surface area contributed by atoms with Crippen LogP contribution in [0.2, 0.25) is 0 Å². The van der Waals surface area contributed by atoms with Gasteiger partial charge in [-0.25, -0.2) is 19.2 Å². The van der Waals surface area contributed by atoms with Gasteiger partial charge in [-0.15, -0.1) is 51.8 Å². The Balaban J connectivity index is 0.000000150. The molecule has 25 nitrogen and oxygen atoms in total. The molecule has 12 rings (SSSR count). The van der Waals surface area contributed by atoms with E-state index in [-0.39, 0.29) is 42.6 Å². The zero-order chi connectivity index (χ0) is 69.1. The summed E-state index contributed by atoms with van der Waals surface area (Å²) in [5.41, 5.74) is 7.91. The third-order valence-corrected chi connectivity index (χ3v) is 17.5. The molecule has 0 aliphatic rings. The van der Waals surface area contributed by atoms with Gasteiger partial charge in [0.1, 0.15) is 49.4 Å². The highest BCUT2D eigenvalue weighted by molar-refractivity contribution is 7.12. The maximum absolute atomic E-state index is 12.2. The van der Waals surface area contributed by atoms with E-state index in [4.69, 9.17) is 35.6 Å². The van der Waals surface area contributed by atoms with E-state index in [1.54, 1.807) is 111 Å². The average Bonchev–Trinajstić information content (AvgIpc) is 1.67. The van der Waals surface area contributed by atoms with Crippen molar-refractivity contribution in [2.24, 2.45) is 28.2 Å². The molecular formula is C63H64N16O9S4. The smallest absolute Gasteiger partial charge is 0.368 e. The van der Waals surface area contributed by atoms with Crippen molar-refractivity contribution >= 4 is 51.4 Å². The fourth-order valence-corrected chi connectivity index (χ4v) is 12.1. The van der Waals surface area contributed by atoms with Gasteiger partial charge in [-0.05, 0) is 130 Å². The largest absolute Gasteiger partial charge is 0.489 e. The number of thiophene rings is 4. The van der Waals surface area contributed by atoms with Gasteiger partial charge in [0, 0.05) is 76.2 Å². The predicted octanol–water partition coefficient (Wildman–Crippen LogP) is 8.99. The first kappa shape index (κ1) is 60.4. The van der Waals surface area contributed by atoms with Crippen molar-refractivity contribution in [1.29, 1.82) is 0 Å². The van der Waals surface area contributed by atoms with Crippen LogP contribution < -0.4 is 46.4 Å². The van der Waals surface area contributed by atoms with Gasteiger partial charge in [-0.2, -0.15) is 37.5 Å². The molecule has 8 aromatic heterocycles. The third kappa shape index (κ3) is 15.0.